The molecule has 8 aromatic rings. The zero-order chi connectivity index (χ0) is 32.0. The molecule has 0 N–H and O–H groups in total. The summed E-state index contributed by atoms with van der Waals surface area (Å²) in [6.07, 6.45) is 0. The van der Waals surface area contributed by atoms with Gasteiger partial charge in [-0.05, 0) is 47.0 Å². The summed E-state index contributed by atoms with van der Waals surface area (Å²) in [5, 5.41) is 2.46. The van der Waals surface area contributed by atoms with Crippen LogP contribution in [0.3, 0.4) is 0 Å². The molecule has 0 saturated heterocycles. The van der Waals surface area contributed by atoms with Crippen molar-refractivity contribution >= 4 is 45.3 Å². The van der Waals surface area contributed by atoms with Gasteiger partial charge in [0.1, 0.15) is 5.82 Å². The Balaban J connectivity index is 1.29. The topological polar surface area (TPSA) is 30.7 Å². The third-order valence-corrected chi connectivity index (χ3v) is 12.4. The molecule has 0 radical (unpaired) electrons. The Morgan fingerprint density at radius 3 is 1.94 bits per heavy atom. The lowest BCUT2D eigenvalue weighted by Crippen LogP contribution is -2.15. The van der Waals surface area contributed by atoms with Gasteiger partial charge in [-0.25, -0.2) is 9.97 Å². The van der Waals surface area contributed by atoms with Crippen LogP contribution in [0.25, 0.3) is 61.4 Å². The smallest absolute Gasteiger partial charge is 0.162 e. The summed E-state index contributed by atoms with van der Waals surface area (Å²) in [6, 6.07) is 50.0. The maximum absolute atomic E-state index is 5.33. The molecule has 1 aliphatic carbocycles. The average molecular weight is 652 g/mol. The molecule has 2 aromatic heterocycles. The van der Waals surface area contributed by atoms with Gasteiger partial charge >= 0.3 is 0 Å². The molecule has 3 heterocycles. The number of aromatic nitrogens is 3. The fourth-order valence-corrected chi connectivity index (χ4v) is 9.83. The molecule has 0 atom stereocenters. The van der Waals surface area contributed by atoms with Crippen LogP contribution >= 0.6 is 23.5 Å². The number of hydrogen-bond acceptors (Lipinski definition) is 4. The molecule has 6 aromatic carbocycles. The van der Waals surface area contributed by atoms with Gasteiger partial charge < -0.3 is 0 Å². The van der Waals surface area contributed by atoms with E-state index < -0.39 is 0 Å². The van der Waals surface area contributed by atoms with E-state index >= 15 is 0 Å². The normalized spacial score (nSPS) is 14.0. The van der Waals surface area contributed by atoms with Gasteiger partial charge in [-0.15, -0.1) is 0 Å². The first-order chi connectivity index (χ1) is 23.5. The summed E-state index contributed by atoms with van der Waals surface area (Å²) in [5.41, 5.74) is 10.5. The fourth-order valence-electron chi connectivity index (χ4n) is 7.56. The van der Waals surface area contributed by atoms with Crippen LogP contribution in [0.15, 0.2) is 159 Å². The third-order valence-electron chi connectivity index (χ3n) is 9.87. The molecule has 0 bridgehead atoms. The van der Waals surface area contributed by atoms with Crippen molar-refractivity contribution in [3.8, 4) is 39.6 Å². The standard InChI is InChI=1S/C43H29N3S2/c1-43(2)31-22-21-29-28-17-9-10-18-34(28)46(39-25-33(26-13-5-3-6-14-26)44-42(45-39)27-15-7-4-8-16-27)41(29)40(31)30-23-37-38(24-32(30)43)48-36-20-12-11-19-35(36)47-37/h3-25H,1-2H3. The Morgan fingerprint density at radius 1 is 0.542 bits per heavy atom. The summed E-state index contributed by atoms with van der Waals surface area (Å²) >= 11 is 3.78. The molecule has 0 amide bonds. The van der Waals surface area contributed by atoms with Crippen molar-refractivity contribution in [1.82, 2.24) is 14.5 Å². The van der Waals surface area contributed by atoms with Crippen LogP contribution < -0.4 is 0 Å². The van der Waals surface area contributed by atoms with Crippen LogP contribution in [-0.4, -0.2) is 14.5 Å². The number of para-hydroxylation sites is 1. The maximum atomic E-state index is 5.33. The van der Waals surface area contributed by atoms with Crippen molar-refractivity contribution in [3.05, 3.63) is 151 Å². The number of benzene rings is 6. The first-order valence-electron chi connectivity index (χ1n) is 16.3. The van der Waals surface area contributed by atoms with E-state index in [-0.39, 0.29) is 5.41 Å². The van der Waals surface area contributed by atoms with Crippen LogP contribution in [0.2, 0.25) is 0 Å². The number of nitrogens with zero attached hydrogens (tertiary/aromatic N) is 3. The first-order valence-corrected chi connectivity index (χ1v) is 17.9. The zero-order valence-corrected chi connectivity index (χ0v) is 28.1. The molecule has 2 aliphatic rings. The molecule has 1 aliphatic heterocycles. The Labute approximate surface area is 287 Å². The molecule has 0 unspecified atom stereocenters. The fraction of sp³-hybridized carbons (Fsp3) is 0.0698. The predicted molar refractivity (Wildman–Crippen MR) is 199 cm³/mol. The van der Waals surface area contributed by atoms with E-state index in [2.05, 4.69) is 146 Å². The summed E-state index contributed by atoms with van der Waals surface area (Å²) in [6.45, 7) is 4.76. The second-order valence-electron chi connectivity index (χ2n) is 13.0. The van der Waals surface area contributed by atoms with Crippen molar-refractivity contribution in [1.29, 1.82) is 0 Å². The zero-order valence-electron chi connectivity index (χ0n) is 26.4. The van der Waals surface area contributed by atoms with Crippen molar-refractivity contribution in [2.24, 2.45) is 0 Å². The van der Waals surface area contributed by atoms with Crippen molar-refractivity contribution < 1.29 is 0 Å². The molecule has 228 valence electrons. The van der Waals surface area contributed by atoms with Gasteiger partial charge in [0.25, 0.3) is 0 Å². The van der Waals surface area contributed by atoms with Crippen LogP contribution in [0.4, 0.5) is 0 Å². The van der Waals surface area contributed by atoms with Crippen LogP contribution in [0.1, 0.15) is 25.0 Å². The van der Waals surface area contributed by atoms with E-state index in [1.54, 1.807) is 0 Å². The van der Waals surface area contributed by atoms with Gasteiger partial charge in [0.2, 0.25) is 0 Å². The minimum Gasteiger partial charge on any atom is -0.293 e. The molecule has 0 spiro atoms. The number of hydrogen-bond donors (Lipinski definition) is 0. The molecule has 0 saturated carbocycles. The maximum Gasteiger partial charge on any atom is 0.162 e. The van der Waals surface area contributed by atoms with Gasteiger partial charge in [-0.2, -0.15) is 0 Å². The molecule has 0 fully saturated rings. The van der Waals surface area contributed by atoms with Gasteiger partial charge in [0.15, 0.2) is 5.82 Å². The van der Waals surface area contributed by atoms with Gasteiger partial charge in [0.05, 0.1) is 16.7 Å². The third kappa shape index (κ3) is 4.11. The highest BCUT2D eigenvalue weighted by molar-refractivity contribution is 8.05. The van der Waals surface area contributed by atoms with E-state index in [0.29, 0.717) is 5.82 Å². The lowest BCUT2D eigenvalue weighted by atomic mass is 9.82. The molecule has 48 heavy (non-hydrogen) atoms. The summed E-state index contributed by atoms with van der Waals surface area (Å²) in [7, 11) is 0. The van der Waals surface area contributed by atoms with E-state index in [4.69, 9.17) is 9.97 Å². The molecular weight excluding hydrogens is 623 g/mol. The Kier molecular flexibility index (Phi) is 6.09. The number of fused-ring (bicyclic) bond motifs is 9. The molecular formula is C43H29N3S2. The highest BCUT2D eigenvalue weighted by atomic mass is 32.2. The molecule has 5 heteroatoms. The summed E-state index contributed by atoms with van der Waals surface area (Å²) < 4.78 is 2.39. The minimum absolute atomic E-state index is 0.159. The van der Waals surface area contributed by atoms with Gasteiger partial charge in [-0.1, -0.05) is 140 Å². The largest absolute Gasteiger partial charge is 0.293 e. The lowest BCUT2D eigenvalue weighted by molar-refractivity contribution is 0.658. The lowest BCUT2D eigenvalue weighted by Gasteiger charge is -2.24. The minimum atomic E-state index is -0.159. The van der Waals surface area contributed by atoms with Crippen LogP contribution in [0, 0.1) is 0 Å². The Hall–Kier alpha value is -5.10. The quantitative estimate of drug-likeness (QED) is 0.190. The second kappa shape index (κ2) is 10.4. The monoisotopic (exact) mass is 651 g/mol. The molecule has 3 nitrogen and oxygen atoms in total. The predicted octanol–water partition coefficient (Wildman–Crippen LogP) is 11.8. The van der Waals surface area contributed by atoms with E-state index in [1.807, 2.05) is 35.7 Å². The van der Waals surface area contributed by atoms with Crippen molar-refractivity contribution in [2.75, 3.05) is 0 Å². The second-order valence-corrected chi connectivity index (χ2v) is 15.2. The van der Waals surface area contributed by atoms with E-state index in [9.17, 15) is 0 Å². The highest BCUT2D eigenvalue weighted by Crippen LogP contribution is 2.57. The number of rotatable bonds is 3. The first kappa shape index (κ1) is 28.0. The SMILES string of the molecule is CC1(C)c2cc3c(cc2-c2c1ccc1c4ccccc4n(-c4cc(-c5ccccc5)nc(-c5ccccc5)n4)c21)Sc1ccccc1S3. The Bertz CT molecular complexity index is 2530. The van der Waals surface area contributed by atoms with Gasteiger partial charge in [0, 0.05) is 58.5 Å². The van der Waals surface area contributed by atoms with Crippen molar-refractivity contribution in [2.45, 2.75) is 38.8 Å². The summed E-state index contributed by atoms with van der Waals surface area (Å²) in [5.74, 6) is 1.58. The van der Waals surface area contributed by atoms with Crippen LogP contribution in [-0.2, 0) is 5.41 Å². The van der Waals surface area contributed by atoms with Crippen LogP contribution in [0.5, 0.6) is 0 Å². The van der Waals surface area contributed by atoms with Gasteiger partial charge in [-0.3, -0.25) is 4.57 Å². The average Bonchev–Trinajstić information content (AvgIpc) is 3.58. The van der Waals surface area contributed by atoms with E-state index in [1.165, 1.54) is 58.1 Å². The Morgan fingerprint density at radius 2 is 1.19 bits per heavy atom. The molecule has 10 rings (SSSR count). The highest BCUT2D eigenvalue weighted by Gasteiger charge is 2.39. The van der Waals surface area contributed by atoms with E-state index in [0.717, 1.165) is 28.2 Å². The van der Waals surface area contributed by atoms with Crippen molar-refractivity contribution in [3.63, 3.8) is 0 Å². The summed E-state index contributed by atoms with van der Waals surface area (Å²) in [4.78, 5) is 15.8.